The number of carboxylic acid groups (broad SMARTS) is 1. The van der Waals surface area contributed by atoms with E-state index in [9.17, 15) is 14.7 Å². The Kier molecular flexibility index (Phi) is 6.65. The molecule has 0 unspecified atom stereocenters. The summed E-state index contributed by atoms with van der Waals surface area (Å²) in [6, 6.07) is 3.68. The molecule has 126 valence electrons. The third kappa shape index (κ3) is 5.66. The molecule has 1 aromatic carbocycles. The molecule has 2 atom stereocenters. The normalized spacial score (nSPS) is 18.6. The van der Waals surface area contributed by atoms with E-state index in [-0.39, 0.29) is 12.5 Å². The molecule has 1 aromatic rings. The van der Waals surface area contributed by atoms with Gasteiger partial charge in [0.2, 0.25) is 5.91 Å². The minimum absolute atomic E-state index is 0.0330. The van der Waals surface area contributed by atoms with Crippen molar-refractivity contribution in [2.24, 2.45) is 0 Å². The van der Waals surface area contributed by atoms with Crippen LogP contribution in [0.4, 0.5) is 5.69 Å². The van der Waals surface area contributed by atoms with Gasteiger partial charge in [-0.05, 0) is 31.0 Å². The van der Waals surface area contributed by atoms with Crippen LogP contribution in [-0.2, 0) is 14.3 Å². The fourth-order valence-electron chi connectivity index (χ4n) is 2.40. The van der Waals surface area contributed by atoms with Crippen molar-refractivity contribution < 1.29 is 24.7 Å². The molecule has 1 amide bonds. The second-order valence-electron chi connectivity index (χ2n) is 5.41. The third-order valence-corrected chi connectivity index (χ3v) is 4.17. The lowest BCUT2D eigenvalue weighted by Gasteiger charge is -2.18. The Morgan fingerprint density at radius 2 is 2.22 bits per heavy atom. The van der Waals surface area contributed by atoms with E-state index in [1.807, 2.05) is 0 Å². The number of ether oxygens (including phenoxy) is 1. The summed E-state index contributed by atoms with van der Waals surface area (Å²) in [5.41, 5.74) is 0.386. The molecule has 0 radical (unpaired) electrons. The van der Waals surface area contributed by atoms with Gasteiger partial charge in [0.05, 0.1) is 23.1 Å². The fourth-order valence-corrected chi connectivity index (χ4v) is 2.86. The van der Waals surface area contributed by atoms with Crippen LogP contribution < -0.4 is 15.7 Å². The van der Waals surface area contributed by atoms with E-state index in [2.05, 4.69) is 5.32 Å². The van der Waals surface area contributed by atoms with Crippen molar-refractivity contribution in [1.82, 2.24) is 0 Å². The first-order valence-electron chi connectivity index (χ1n) is 7.36. The molecule has 0 aromatic heterocycles. The van der Waals surface area contributed by atoms with E-state index in [0.717, 1.165) is 12.8 Å². The number of carbonyl (C=O) groups is 2. The fraction of sp³-hybridized carbons (Fsp3) is 0.467. The molecule has 3 N–H and O–H groups in total. The van der Waals surface area contributed by atoms with Crippen LogP contribution in [0.25, 0.3) is 0 Å². The number of quaternary nitrogens is 1. The van der Waals surface area contributed by atoms with Crippen molar-refractivity contribution in [1.29, 1.82) is 0 Å². The molecule has 1 fully saturated rings. The number of hydrogen-bond donors (Lipinski definition) is 2. The topological polar surface area (TPSA) is 95.1 Å². The molecule has 8 heteroatoms. The van der Waals surface area contributed by atoms with Gasteiger partial charge < -0.3 is 25.3 Å². The zero-order valence-electron chi connectivity index (χ0n) is 12.4. The molecule has 23 heavy (non-hydrogen) atoms. The molecule has 1 aliphatic rings. The first-order chi connectivity index (χ1) is 11.0. The average Bonchev–Trinajstić information content (AvgIpc) is 2.99. The minimum atomic E-state index is -1.28. The van der Waals surface area contributed by atoms with Crippen LogP contribution in [0.1, 0.15) is 19.3 Å². The van der Waals surface area contributed by atoms with Gasteiger partial charge in [-0.3, -0.25) is 4.79 Å². The predicted octanol–water partition coefficient (Wildman–Crippen LogP) is 0.183. The second-order valence-corrected chi connectivity index (χ2v) is 6.25. The number of aliphatic carboxylic acids is 1. The largest absolute Gasteiger partial charge is 0.544 e. The number of benzene rings is 1. The number of nitrogens with one attached hydrogen (secondary N) is 1. The maximum absolute atomic E-state index is 12.0. The molecule has 0 spiro atoms. The van der Waals surface area contributed by atoms with E-state index >= 15 is 0 Å². The summed E-state index contributed by atoms with van der Waals surface area (Å²) in [6.07, 6.45) is 1.70. The smallest absolute Gasteiger partial charge is 0.230 e. The van der Waals surface area contributed by atoms with E-state index in [4.69, 9.17) is 27.9 Å². The summed E-state index contributed by atoms with van der Waals surface area (Å²) in [7, 11) is 0. The summed E-state index contributed by atoms with van der Waals surface area (Å²) < 4.78 is 5.44. The summed E-state index contributed by atoms with van der Waals surface area (Å²) >= 11 is 11.8. The zero-order chi connectivity index (χ0) is 16.8. The summed E-state index contributed by atoms with van der Waals surface area (Å²) in [6.45, 7) is 1.19. The summed E-state index contributed by atoms with van der Waals surface area (Å²) in [5.74, 6) is -1.73. The van der Waals surface area contributed by atoms with E-state index < -0.39 is 17.9 Å². The highest BCUT2D eigenvalue weighted by Gasteiger charge is 2.23. The van der Waals surface area contributed by atoms with Gasteiger partial charge in [-0.25, -0.2) is 0 Å². The van der Waals surface area contributed by atoms with Crippen LogP contribution in [0.5, 0.6) is 0 Å². The number of nitrogens with two attached hydrogens (primary N) is 1. The number of halogens is 2. The van der Waals surface area contributed by atoms with Crippen LogP contribution in [-0.4, -0.2) is 37.2 Å². The highest BCUT2D eigenvalue weighted by atomic mass is 35.5. The molecular formula is C15H18Cl2N2O4. The Morgan fingerprint density at radius 1 is 1.43 bits per heavy atom. The Morgan fingerprint density at radius 3 is 2.83 bits per heavy atom. The van der Waals surface area contributed by atoms with Gasteiger partial charge in [-0.1, -0.05) is 23.2 Å². The van der Waals surface area contributed by atoms with Crippen LogP contribution in [0.15, 0.2) is 18.2 Å². The molecule has 1 aliphatic heterocycles. The van der Waals surface area contributed by atoms with Crippen LogP contribution in [0.3, 0.4) is 0 Å². The molecule has 0 aliphatic carbocycles. The Hall–Kier alpha value is -1.34. The van der Waals surface area contributed by atoms with Crippen molar-refractivity contribution >= 4 is 40.8 Å². The van der Waals surface area contributed by atoms with Gasteiger partial charge in [-0.2, -0.15) is 0 Å². The SMILES string of the molecule is O=C(C[C@@H]([NH2+]C[C@H]1CCCO1)C(=O)[O-])Nc1ccc(Cl)cc1Cl. The van der Waals surface area contributed by atoms with Gasteiger partial charge >= 0.3 is 0 Å². The van der Waals surface area contributed by atoms with Crippen LogP contribution in [0, 0.1) is 0 Å². The van der Waals surface area contributed by atoms with Crippen molar-refractivity contribution in [3.8, 4) is 0 Å². The number of hydrogen-bond acceptors (Lipinski definition) is 4. The second kappa shape index (κ2) is 8.49. The van der Waals surface area contributed by atoms with Gasteiger partial charge in [0.1, 0.15) is 18.7 Å². The van der Waals surface area contributed by atoms with Crippen molar-refractivity contribution in [3.05, 3.63) is 28.2 Å². The monoisotopic (exact) mass is 360 g/mol. The zero-order valence-corrected chi connectivity index (χ0v) is 13.9. The molecule has 2 rings (SSSR count). The maximum atomic E-state index is 12.0. The highest BCUT2D eigenvalue weighted by Crippen LogP contribution is 2.25. The van der Waals surface area contributed by atoms with Gasteiger partial charge in [0, 0.05) is 11.6 Å². The van der Waals surface area contributed by atoms with E-state index in [1.54, 1.807) is 17.4 Å². The molecule has 6 nitrogen and oxygen atoms in total. The molecule has 1 saturated heterocycles. The standard InChI is InChI=1S/C15H18Cl2N2O4/c16-9-3-4-12(11(17)6-9)19-14(20)7-13(15(21)22)18-8-10-2-1-5-23-10/h3-4,6,10,13,18H,1-2,5,7-8H2,(H,19,20)(H,21,22)/t10-,13-/m1/s1. The van der Waals surface area contributed by atoms with Crippen molar-refractivity contribution in [2.75, 3.05) is 18.5 Å². The third-order valence-electron chi connectivity index (χ3n) is 3.62. The summed E-state index contributed by atoms with van der Waals surface area (Å²) in [5, 5.41) is 16.1. The number of carboxylic acids is 1. The number of rotatable bonds is 7. The number of anilines is 1. The molecule has 1 heterocycles. The number of amides is 1. The Balaban J connectivity index is 1.88. The van der Waals surface area contributed by atoms with Crippen molar-refractivity contribution in [3.63, 3.8) is 0 Å². The Bertz CT molecular complexity index is 577. The summed E-state index contributed by atoms with van der Waals surface area (Å²) in [4.78, 5) is 23.2. The lowest BCUT2D eigenvalue weighted by molar-refractivity contribution is -0.687. The molecule has 0 saturated carbocycles. The maximum Gasteiger partial charge on any atom is 0.230 e. The highest BCUT2D eigenvalue weighted by molar-refractivity contribution is 6.36. The predicted molar refractivity (Wildman–Crippen MR) is 84.3 cm³/mol. The van der Waals surface area contributed by atoms with Crippen molar-refractivity contribution in [2.45, 2.75) is 31.4 Å². The van der Waals surface area contributed by atoms with E-state index in [1.165, 1.54) is 6.07 Å². The molecular weight excluding hydrogens is 343 g/mol. The van der Waals surface area contributed by atoms with Gasteiger partial charge in [0.25, 0.3) is 0 Å². The first kappa shape index (κ1) is 18.0. The minimum Gasteiger partial charge on any atom is -0.544 e. The van der Waals surface area contributed by atoms with Gasteiger partial charge in [-0.15, -0.1) is 0 Å². The lowest BCUT2D eigenvalue weighted by atomic mass is 10.1. The lowest BCUT2D eigenvalue weighted by Crippen LogP contribution is -2.94. The Labute approximate surface area is 144 Å². The first-order valence-corrected chi connectivity index (χ1v) is 8.12. The van der Waals surface area contributed by atoms with Crippen LogP contribution >= 0.6 is 23.2 Å². The van der Waals surface area contributed by atoms with Crippen LogP contribution in [0.2, 0.25) is 10.0 Å². The molecule has 0 bridgehead atoms. The van der Waals surface area contributed by atoms with Gasteiger partial charge in [0.15, 0.2) is 0 Å². The average molecular weight is 361 g/mol. The van der Waals surface area contributed by atoms with E-state index in [0.29, 0.717) is 28.9 Å². The number of carbonyl (C=O) groups excluding carboxylic acids is 2. The quantitative estimate of drug-likeness (QED) is 0.725.